The summed E-state index contributed by atoms with van der Waals surface area (Å²) >= 11 is 5.77. The number of benzene rings is 1. The summed E-state index contributed by atoms with van der Waals surface area (Å²) in [5, 5.41) is 0.257. The topological polar surface area (TPSA) is 52.3 Å². The van der Waals surface area contributed by atoms with Gasteiger partial charge in [0.25, 0.3) is 0 Å². The molecule has 4 heteroatoms. The Kier molecular flexibility index (Phi) is 3.38. The van der Waals surface area contributed by atoms with Gasteiger partial charge in [0.1, 0.15) is 5.56 Å². The number of nitrogen functional groups attached to an aromatic ring is 1. The number of nitrogens with two attached hydrogens (primary N) is 1. The number of rotatable bonds is 2. The van der Waals surface area contributed by atoms with Gasteiger partial charge in [-0.1, -0.05) is 23.6 Å². The van der Waals surface area contributed by atoms with Crippen LogP contribution in [0.1, 0.15) is 10.4 Å². The number of halogens is 1. The van der Waals surface area contributed by atoms with Gasteiger partial charge in [-0.2, -0.15) is 0 Å². The molecule has 0 aliphatic heterocycles. The van der Waals surface area contributed by atoms with Crippen LogP contribution < -0.4 is 5.73 Å². The number of hydrogen-bond acceptors (Lipinski definition) is 3. The van der Waals surface area contributed by atoms with Crippen LogP contribution in [0.4, 0.5) is 5.69 Å². The summed E-state index contributed by atoms with van der Waals surface area (Å²) in [6.45, 7) is -0.0938. The zero-order valence-electron chi connectivity index (χ0n) is 7.29. The summed E-state index contributed by atoms with van der Waals surface area (Å²) in [7, 11) is 0. The maximum atomic E-state index is 11.4. The zero-order valence-corrected chi connectivity index (χ0v) is 8.04. The van der Waals surface area contributed by atoms with Crippen LogP contribution >= 0.6 is 11.6 Å². The summed E-state index contributed by atoms with van der Waals surface area (Å²) in [5.74, 6) is 1.57. The van der Waals surface area contributed by atoms with Crippen molar-refractivity contribution in [3.05, 3.63) is 28.8 Å². The highest BCUT2D eigenvalue weighted by molar-refractivity contribution is 6.34. The van der Waals surface area contributed by atoms with Crippen molar-refractivity contribution in [3.8, 4) is 12.3 Å². The van der Waals surface area contributed by atoms with E-state index < -0.39 is 5.97 Å². The van der Waals surface area contributed by atoms with Crippen molar-refractivity contribution in [1.29, 1.82) is 0 Å². The fourth-order valence-corrected chi connectivity index (χ4v) is 1.19. The van der Waals surface area contributed by atoms with Crippen LogP contribution in [0, 0.1) is 12.3 Å². The maximum Gasteiger partial charge on any atom is 0.342 e. The second-order valence-electron chi connectivity index (χ2n) is 2.48. The first-order valence-corrected chi connectivity index (χ1v) is 4.19. The van der Waals surface area contributed by atoms with Crippen molar-refractivity contribution in [1.82, 2.24) is 0 Å². The quantitative estimate of drug-likeness (QED) is 0.458. The predicted molar refractivity (Wildman–Crippen MR) is 55.0 cm³/mol. The fraction of sp³-hybridized carbons (Fsp3) is 0.100. The van der Waals surface area contributed by atoms with Gasteiger partial charge in [-0.15, -0.1) is 6.42 Å². The standard InChI is InChI=1S/C10H8ClNO2/c1-2-6-14-10(13)9-7(11)4-3-5-8(9)12/h1,3-5H,6,12H2. The third-order valence-electron chi connectivity index (χ3n) is 1.54. The van der Waals surface area contributed by atoms with Gasteiger partial charge in [0.2, 0.25) is 0 Å². The lowest BCUT2D eigenvalue weighted by Crippen LogP contribution is -2.09. The number of ether oxygens (including phenoxy) is 1. The monoisotopic (exact) mass is 209 g/mol. The van der Waals surface area contributed by atoms with Crippen LogP contribution in [0.2, 0.25) is 5.02 Å². The SMILES string of the molecule is C#CCOC(=O)c1c(N)cccc1Cl. The van der Waals surface area contributed by atoms with Crippen molar-refractivity contribution in [2.24, 2.45) is 0 Å². The second kappa shape index (κ2) is 4.54. The van der Waals surface area contributed by atoms with E-state index in [2.05, 4.69) is 5.92 Å². The van der Waals surface area contributed by atoms with Crippen molar-refractivity contribution in [2.75, 3.05) is 12.3 Å². The highest BCUT2D eigenvalue weighted by Crippen LogP contribution is 2.22. The largest absolute Gasteiger partial charge is 0.449 e. The minimum Gasteiger partial charge on any atom is -0.449 e. The van der Waals surface area contributed by atoms with E-state index in [1.807, 2.05) is 0 Å². The van der Waals surface area contributed by atoms with Crippen molar-refractivity contribution >= 4 is 23.3 Å². The Morgan fingerprint density at radius 1 is 1.64 bits per heavy atom. The molecule has 0 fully saturated rings. The van der Waals surface area contributed by atoms with Gasteiger partial charge in [-0.25, -0.2) is 4.79 Å². The third kappa shape index (κ3) is 2.18. The highest BCUT2D eigenvalue weighted by Gasteiger charge is 2.14. The van der Waals surface area contributed by atoms with E-state index >= 15 is 0 Å². The molecule has 1 aromatic rings. The highest BCUT2D eigenvalue weighted by atomic mass is 35.5. The van der Waals surface area contributed by atoms with Gasteiger partial charge in [0.15, 0.2) is 6.61 Å². The molecule has 14 heavy (non-hydrogen) atoms. The summed E-state index contributed by atoms with van der Waals surface area (Å²) in [6, 6.07) is 4.78. The first kappa shape index (κ1) is 10.4. The fourth-order valence-electron chi connectivity index (χ4n) is 0.936. The van der Waals surface area contributed by atoms with Gasteiger partial charge in [0.05, 0.1) is 5.02 Å². The Bertz CT molecular complexity index is 375. The molecular formula is C10H8ClNO2. The number of anilines is 1. The molecule has 0 spiro atoms. The van der Waals surface area contributed by atoms with Crippen molar-refractivity contribution in [2.45, 2.75) is 0 Å². The normalized spacial score (nSPS) is 9.14. The Hall–Kier alpha value is -1.66. The Balaban J connectivity index is 2.95. The first-order valence-electron chi connectivity index (χ1n) is 3.81. The van der Waals surface area contributed by atoms with E-state index in [9.17, 15) is 4.79 Å². The van der Waals surface area contributed by atoms with E-state index in [1.54, 1.807) is 18.2 Å². The zero-order chi connectivity index (χ0) is 10.6. The minimum atomic E-state index is -0.606. The molecule has 0 radical (unpaired) electrons. The first-order chi connectivity index (χ1) is 6.66. The van der Waals surface area contributed by atoms with Crippen LogP contribution in [-0.4, -0.2) is 12.6 Å². The van der Waals surface area contributed by atoms with Crippen LogP contribution in [0.25, 0.3) is 0 Å². The molecule has 3 nitrogen and oxygen atoms in total. The molecule has 0 atom stereocenters. The molecule has 0 aliphatic rings. The summed E-state index contributed by atoms with van der Waals surface area (Å²) in [6.07, 6.45) is 4.94. The number of terminal acetylenes is 1. The Morgan fingerprint density at radius 2 is 2.36 bits per heavy atom. The van der Waals surface area contributed by atoms with Gasteiger partial charge in [0, 0.05) is 5.69 Å². The molecule has 72 valence electrons. The molecule has 0 heterocycles. The molecule has 1 rings (SSSR count). The molecular weight excluding hydrogens is 202 g/mol. The number of esters is 1. The molecule has 0 amide bonds. The van der Waals surface area contributed by atoms with E-state index in [-0.39, 0.29) is 22.9 Å². The van der Waals surface area contributed by atoms with Crippen LogP contribution in [0.5, 0.6) is 0 Å². The number of carbonyl (C=O) groups excluding carboxylic acids is 1. The summed E-state index contributed by atoms with van der Waals surface area (Å²) < 4.78 is 4.70. The van der Waals surface area contributed by atoms with E-state index in [1.165, 1.54) is 0 Å². The number of carbonyl (C=O) groups is 1. The smallest absolute Gasteiger partial charge is 0.342 e. The van der Waals surface area contributed by atoms with E-state index in [4.69, 9.17) is 28.5 Å². The molecule has 0 unspecified atom stereocenters. The Labute approximate surface area is 86.8 Å². The summed E-state index contributed by atoms with van der Waals surface area (Å²) in [5.41, 5.74) is 5.99. The molecule has 0 bridgehead atoms. The van der Waals surface area contributed by atoms with Crippen molar-refractivity contribution in [3.63, 3.8) is 0 Å². The van der Waals surface area contributed by atoms with E-state index in [0.717, 1.165) is 0 Å². The molecule has 0 aromatic heterocycles. The molecule has 2 N–H and O–H groups in total. The van der Waals surface area contributed by atoms with Crippen molar-refractivity contribution < 1.29 is 9.53 Å². The lowest BCUT2D eigenvalue weighted by atomic mass is 10.2. The molecule has 1 aromatic carbocycles. The third-order valence-corrected chi connectivity index (χ3v) is 1.85. The summed E-state index contributed by atoms with van der Waals surface area (Å²) in [4.78, 5) is 11.4. The minimum absolute atomic E-state index is 0.0938. The van der Waals surface area contributed by atoms with Crippen LogP contribution in [-0.2, 0) is 4.74 Å². The van der Waals surface area contributed by atoms with Gasteiger partial charge >= 0.3 is 5.97 Å². The van der Waals surface area contributed by atoms with Crippen LogP contribution in [0.3, 0.4) is 0 Å². The lowest BCUT2D eigenvalue weighted by Gasteiger charge is -2.05. The molecule has 0 saturated heterocycles. The molecule has 0 aliphatic carbocycles. The second-order valence-corrected chi connectivity index (χ2v) is 2.89. The average molecular weight is 210 g/mol. The maximum absolute atomic E-state index is 11.4. The predicted octanol–water partition coefficient (Wildman–Crippen LogP) is 1.71. The lowest BCUT2D eigenvalue weighted by molar-refractivity contribution is 0.0558. The molecule has 0 saturated carbocycles. The Morgan fingerprint density at radius 3 is 2.93 bits per heavy atom. The van der Waals surface area contributed by atoms with Gasteiger partial charge < -0.3 is 10.5 Å². The average Bonchev–Trinajstić information content (AvgIpc) is 2.14. The van der Waals surface area contributed by atoms with Gasteiger partial charge in [-0.05, 0) is 12.1 Å². The number of hydrogen-bond donors (Lipinski definition) is 1. The van der Waals surface area contributed by atoms with Crippen LogP contribution in [0.15, 0.2) is 18.2 Å². The van der Waals surface area contributed by atoms with Gasteiger partial charge in [-0.3, -0.25) is 0 Å². The van der Waals surface area contributed by atoms with E-state index in [0.29, 0.717) is 0 Å².